The molecule has 0 unspecified atom stereocenters. The van der Waals surface area contributed by atoms with E-state index in [-0.39, 0.29) is 5.91 Å². The molecule has 0 bridgehead atoms. The molecule has 2 aromatic heterocycles. The fourth-order valence-corrected chi connectivity index (χ4v) is 1.16. The lowest BCUT2D eigenvalue weighted by Gasteiger charge is -2.02. The van der Waals surface area contributed by atoms with Gasteiger partial charge in [0.1, 0.15) is 5.82 Å². The van der Waals surface area contributed by atoms with Gasteiger partial charge in [-0.15, -0.1) is 0 Å². The Morgan fingerprint density at radius 1 is 1.47 bits per heavy atom. The predicted octanol–water partition coefficient (Wildman–Crippen LogP) is 1.37. The number of nitrogens with zero attached hydrogens (tertiary/aromatic N) is 2. The number of carbonyl (C=O) groups excluding carboxylic acids is 1. The van der Waals surface area contributed by atoms with E-state index in [0.29, 0.717) is 11.4 Å². The number of rotatable bonds is 2. The highest BCUT2D eigenvalue weighted by Crippen LogP contribution is 2.09. The van der Waals surface area contributed by atoms with Crippen molar-refractivity contribution in [3.05, 3.63) is 41.9 Å². The molecule has 2 heterocycles. The van der Waals surface area contributed by atoms with Crippen molar-refractivity contribution in [2.75, 3.05) is 5.32 Å². The summed E-state index contributed by atoms with van der Waals surface area (Å²) in [6.45, 7) is 1.86. The number of hydrogen-bond donors (Lipinski definition) is 2. The van der Waals surface area contributed by atoms with E-state index in [1.54, 1.807) is 24.5 Å². The monoisotopic (exact) mass is 202 g/mol. The maximum Gasteiger partial charge on any atom is 0.258 e. The van der Waals surface area contributed by atoms with Gasteiger partial charge in [-0.05, 0) is 19.1 Å². The topological polar surface area (TPSA) is 70.7 Å². The summed E-state index contributed by atoms with van der Waals surface area (Å²) in [5.41, 5.74) is 1.42. The highest BCUT2D eigenvalue weighted by Gasteiger charge is 2.07. The minimum atomic E-state index is -0.199. The highest BCUT2D eigenvalue weighted by molar-refractivity contribution is 6.03. The Hall–Kier alpha value is -2.17. The summed E-state index contributed by atoms with van der Waals surface area (Å²) in [4.78, 5) is 15.5. The van der Waals surface area contributed by atoms with E-state index in [1.807, 2.05) is 6.92 Å². The van der Waals surface area contributed by atoms with Gasteiger partial charge in [-0.3, -0.25) is 14.9 Å². The molecule has 76 valence electrons. The number of pyridine rings is 1. The van der Waals surface area contributed by atoms with Gasteiger partial charge in [0.15, 0.2) is 0 Å². The Bertz CT molecular complexity index is 463. The van der Waals surface area contributed by atoms with Crippen LogP contribution in [0, 0.1) is 6.92 Å². The second-order valence-electron chi connectivity index (χ2n) is 3.12. The standard InChI is InChI=1S/C10H10N4O/c1-7-5-12-14-9(7)13-10(15)8-3-2-4-11-6-8/h2-6H,1H3,(H2,12,13,14,15). The SMILES string of the molecule is Cc1cn[nH]c1NC(=O)c1cccnc1. The average molecular weight is 202 g/mol. The lowest BCUT2D eigenvalue weighted by molar-refractivity contribution is 0.102. The Labute approximate surface area is 86.5 Å². The fourth-order valence-electron chi connectivity index (χ4n) is 1.16. The number of anilines is 1. The maximum absolute atomic E-state index is 11.7. The molecule has 0 spiro atoms. The lowest BCUT2D eigenvalue weighted by atomic mass is 10.2. The molecule has 0 saturated heterocycles. The van der Waals surface area contributed by atoms with Crippen molar-refractivity contribution in [1.82, 2.24) is 15.2 Å². The van der Waals surface area contributed by atoms with Crippen molar-refractivity contribution in [3.63, 3.8) is 0 Å². The average Bonchev–Trinajstić information content (AvgIpc) is 2.66. The van der Waals surface area contributed by atoms with Gasteiger partial charge in [0.25, 0.3) is 5.91 Å². The maximum atomic E-state index is 11.7. The zero-order valence-corrected chi connectivity index (χ0v) is 8.19. The number of amides is 1. The van der Waals surface area contributed by atoms with Crippen LogP contribution in [0.3, 0.4) is 0 Å². The number of carbonyl (C=O) groups is 1. The minimum Gasteiger partial charge on any atom is -0.307 e. The van der Waals surface area contributed by atoms with E-state index < -0.39 is 0 Å². The Morgan fingerprint density at radius 2 is 2.33 bits per heavy atom. The molecule has 2 rings (SSSR count). The van der Waals surface area contributed by atoms with E-state index >= 15 is 0 Å². The van der Waals surface area contributed by atoms with Crippen molar-refractivity contribution < 1.29 is 4.79 Å². The molecule has 0 saturated carbocycles. The molecule has 0 aromatic carbocycles. The third-order valence-corrected chi connectivity index (χ3v) is 1.99. The molecule has 0 aliphatic carbocycles. The lowest BCUT2D eigenvalue weighted by Crippen LogP contribution is -2.12. The first-order valence-corrected chi connectivity index (χ1v) is 4.49. The zero-order valence-electron chi connectivity index (χ0n) is 8.19. The molecule has 15 heavy (non-hydrogen) atoms. The van der Waals surface area contributed by atoms with Crippen molar-refractivity contribution in [3.8, 4) is 0 Å². The molecular formula is C10H10N4O. The quantitative estimate of drug-likeness (QED) is 0.772. The van der Waals surface area contributed by atoms with Crippen LogP contribution in [-0.4, -0.2) is 21.1 Å². The van der Waals surface area contributed by atoms with Crippen molar-refractivity contribution in [2.24, 2.45) is 0 Å². The normalized spacial score (nSPS) is 9.93. The number of aromatic amines is 1. The van der Waals surface area contributed by atoms with Crippen LogP contribution in [0.25, 0.3) is 0 Å². The number of hydrogen-bond acceptors (Lipinski definition) is 3. The fraction of sp³-hybridized carbons (Fsp3) is 0.100. The van der Waals surface area contributed by atoms with Crippen molar-refractivity contribution in [1.29, 1.82) is 0 Å². The third kappa shape index (κ3) is 2.01. The summed E-state index contributed by atoms with van der Waals surface area (Å²) in [5, 5.41) is 9.23. The second kappa shape index (κ2) is 3.91. The van der Waals surface area contributed by atoms with Gasteiger partial charge in [0.05, 0.1) is 11.8 Å². The van der Waals surface area contributed by atoms with Crippen LogP contribution in [-0.2, 0) is 0 Å². The second-order valence-corrected chi connectivity index (χ2v) is 3.12. The smallest absolute Gasteiger partial charge is 0.258 e. The molecule has 0 aliphatic rings. The van der Waals surface area contributed by atoms with Crippen LogP contribution in [0.5, 0.6) is 0 Å². The van der Waals surface area contributed by atoms with Gasteiger partial charge in [0, 0.05) is 18.0 Å². The van der Waals surface area contributed by atoms with Crippen LogP contribution in [0.2, 0.25) is 0 Å². The molecule has 5 heteroatoms. The first kappa shape index (κ1) is 9.39. The zero-order chi connectivity index (χ0) is 10.7. The first-order chi connectivity index (χ1) is 7.27. The Morgan fingerprint density at radius 3 is 2.93 bits per heavy atom. The van der Waals surface area contributed by atoms with Gasteiger partial charge in [-0.1, -0.05) is 0 Å². The van der Waals surface area contributed by atoms with E-state index in [0.717, 1.165) is 5.56 Å². The van der Waals surface area contributed by atoms with E-state index in [2.05, 4.69) is 20.5 Å². The predicted molar refractivity (Wildman–Crippen MR) is 55.5 cm³/mol. The Balaban J connectivity index is 2.15. The molecule has 2 N–H and O–H groups in total. The van der Waals surface area contributed by atoms with Crippen molar-refractivity contribution in [2.45, 2.75) is 6.92 Å². The molecule has 5 nitrogen and oxygen atoms in total. The van der Waals surface area contributed by atoms with E-state index in [9.17, 15) is 4.79 Å². The van der Waals surface area contributed by atoms with Gasteiger partial charge in [-0.25, -0.2) is 0 Å². The van der Waals surface area contributed by atoms with Crippen LogP contribution >= 0.6 is 0 Å². The third-order valence-electron chi connectivity index (χ3n) is 1.99. The first-order valence-electron chi connectivity index (χ1n) is 4.49. The largest absolute Gasteiger partial charge is 0.307 e. The summed E-state index contributed by atoms with van der Waals surface area (Å²) in [6.07, 6.45) is 4.79. The molecular weight excluding hydrogens is 192 g/mol. The molecule has 0 radical (unpaired) electrons. The summed E-state index contributed by atoms with van der Waals surface area (Å²) in [5.74, 6) is 0.416. The summed E-state index contributed by atoms with van der Waals surface area (Å²) < 4.78 is 0. The van der Waals surface area contributed by atoms with Gasteiger partial charge >= 0.3 is 0 Å². The molecule has 1 amide bonds. The van der Waals surface area contributed by atoms with Crippen LogP contribution in [0.4, 0.5) is 5.82 Å². The summed E-state index contributed by atoms with van der Waals surface area (Å²) >= 11 is 0. The molecule has 0 atom stereocenters. The van der Waals surface area contributed by atoms with E-state index in [4.69, 9.17) is 0 Å². The molecule has 0 aliphatic heterocycles. The number of H-pyrrole nitrogens is 1. The van der Waals surface area contributed by atoms with Gasteiger partial charge < -0.3 is 5.32 Å². The van der Waals surface area contributed by atoms with Gasteiger partial charge in [0.2, 0.25) is 0 Å². The minimum absolute atomic E-state index is 0.199. The summed E-state index contributed by atoms with van der Waals surface area (Å²) in [6, 6.07) is 3.42. The number of aromatic nitrogens is 3. The Kier molecular flexibility index (Phi) is 2.45. The number of aryl methyl sites for hydroxylation is 1. The van der Waals surface area contributed by atoms with E-state index in [1.165, 1.54) is 6.20 Å². The molecule has 2 aromatic rings. The van der Waals surface area contributed by atoms with Crippen molar-refractivity contribution >= 4 is 11.7 Å². The number of nitrogens with one attached hydrogen (secondary N) is 2. The van der Waals surface area contributed by atoms with Gasteiger partial charge in [-0.2, -0.15) is 5.10 Å². The van der Waals surface area contributed by atoms with Crippen LogP contribution in [0.15, 0.2) is 30.7 Å². The van der Waals surface area contributed by atoms with Crippen LogP contribution in [0.1, 0.15) is 15.9 Å². The summed E-state index contributed by atoms with van der Waals surface area (Å²) in [7, 11) is 0. The van der Waals surface area contributed by atoms with Crippen LogP contribution < -0.4 is 5.32 Å². The molecule has 0 fully saturated rings. The highest BCUT2D eigenvalue weighted by atomic mass is 16.1.